The van der Waals surface area contributed by atoms with Gasteiger partial charge in [0.1, 0.15) is 0 Å². The molecule has 0 saturated carbocycles. The molecule has 0 heterocycles. The molecule has 0 radical (unpaired) electrons. The zero-order valence-electron chi connectivity index (χ0n) is 9.31. The molecule has 0 fully saturated rings. The number of hydrogen-bond donors (Lipinski definition) is 1. The van der Waals surface area contributed by atoms with Gasteiger partial charge in [0.15, 0.2) is 0 Å². The summed E-state index contributed by atoms with van der Waals surface area (Å²) in [5.41, 5.74) is 0. The maximum Gasteiger partial charge on any atom is 0.306 e. The van der Waals surface area contributed by atoms with Crippen LogP contribution in [0, 0.1) is 0 Å². The first kappa shape index (κ1) is 12.6. The summed E-state index contributed by atoms with van der Waals surface area (Å²) in [6.07, 6.45) is 1.03. The average Bonchev–Trinajstić information content (AvgIpc) is 1.97. The second-order valence-electron chi connectivity index (χ2n) is 4.28. The van der Waals surface area contributed by atoms with Crippen LogP contribution in [0.2, 0.25) is 19.6 Å². The number of nitrogens with one attached hydrogen (secondary N) is 1. The van der Waals surface area contributed by atoms with Crippen molar-refractivity contribution in [3.63, 3.8) is 0 Å². The molecule has 1 atom stereocenters. The van der Waals surface area contributed by atoms with Gasteiger partial charge in [0, 0.05) is 6.04 Å². The highest BCUT2D eigenvalue weighted by Gasteiger charge is 2.19. The van der Waals surface area contributed by atoms with Crippen LogP contribution in [0.3, 0.4) is 0 Å². The monoisotopic (exact) mass is 203 g/mol. The fraction of sp³-hybridized carbons (Fsp3) is 0.889. The Kier molecular flexibility index (Phi) is 5.25. The zero-order chi connectivity index (χ0) is 10.5. The van der Waals surface area contributed by atoms with E-state index in [1.54, 1.807) is 0 Å². The summed E-state index contributed by atoms with van der Waals surface area (Å²) in [5, 5.41) is 3.10. The largest absolute Gasteiger partial charge is 0.519 e. The van der Waals surface area contributed by atoms with Crippen LogP contribution in [0.5, 0.6) is 0 Å². The number of carbonyl (C=O) groups is 1. The van der Waals surface area contributed by atoms with Gasteiger partial charge in [0.25, 0.3) is 0 Å². The Morgan fingerprint density at radius 2 is 2.00 bits per heavy atom. The Bertz CT molecular complexity index is 165. The van der Waals surface area contributed by atoms with Gasteiger partial charge in [-0.05, 0) is 33.0 Å². The standard InChI is InChI=1S/C9H21NO2Si/c1-6-8(2)10-7-9(11)12-13(3,4)5/h8,10H,6-7H2,1-5H3. The second kappa shape index (κ2) is 5.39. The predicted octanol–water partition coefficient (Wildman–Crippen LogP) is 1.75. The summed E-state index contributed by atoms with van der Waals surface area (Å²) in [6, 6.07) is 0.384. The molecular weight excluding hydrogens is 182 g/mol. The smallest absolute Gasteiger partial charge is 0.306 e. The van der Waals surface area contributed by atoms with E-state index in [2.05, 4.69) is 19.2 Å². The fourth-order valence-corrected chi connectivity index (χ4v) is 1.53. The molecule has 4 heteroatoms. The first-order valence-electron chi connectivity index (χ1n) is 4.80. The summed E-state index contributed by atoms with van der Waals surface area (Å²) in [5.74, 6) is -0.125. The van der Waals surface area contributed by atoms with Crippen molar-refractivity contribution in [2.45, 2.75) is 46.0 Å². The van der Waals surface area contributed by atoms with E-state index in [4.69, 9.17) is 4.43 Å². The molecule has 13 heavy (non-hydrogen) atoms. The molecule has 1 N–H and O–H groups in total. The molecule has 0 rings (SSSR count). The van der Waals surface area contributed by atoms with Gasteiger partial charge in [-0.25, -0.2) is 0 Å². The van der Waals surface area contributed by atoms with E-state index in [1.165, 1.54) is 0 Å². The predicted molar refractivity (Wildman–Crippen MR) is 57.2 cm³/mol. The minimum Gasteiger partial charge on any atom is -0.519 e. The Morgan fingerprint density at radius 3 is 2.38 bits per heavy atom. The van der Waals surface area contributed by atoms with Crippen LogP contribution in [0.25, 0.3) is 0 Å². The third-order valence-electron chi connectivity index (χ3n) is 1.63. The summed E-state index contributed by atoms with van der Waals surface area (Å²) < 4.78 is 5.27. The van der Waals surface area contributed by atoms with Crippen LogP contribution in [-0.2, 0) is 9.22 Å². The van der Waals surface area contributed by atoms with Gasteiger partial charge < -0.3 is 9.74 Å². The van der Waals surface area contributed by atoms with Gasteiger partial charge in [-0.2, -0.15) is 0 Å². The van der Waals surface area contributed by atoms with Crippen LogP contribution in [0.4, 0.5) is 0 Å². The molecule has 0 aromatic carbocycles. The minimum atomic E-state index is -1.69. The van der Waals surface area contributed by atoms with Crippen molar-refractivity contribution in [2.24, 2.45) is 0 Å². The lowest BCUT2D eigenvalue weighted by Crippen LogP contribution is -2.37. The topological polar surface area (TPSA) is 38.3 Å². The van der Waals surface area contributed by atoms with E-state index in [-0.39, 0.29) is 5.97 Å². The van der Waals surface area contributed by atoms with Gasteiger partial charge in [-0.15, -0.1) is 0 Å². The fourth-order valence-electron chi connectivity index (χ4n) is 0.779. The first-order valence-corrected chi connectivity index (χ1v) is 8.21. The number of hydrogen-bond acceptors (Lipinski definition) is 3. The summed E-state index contributed by atoms with van der Waals surface area (Å²) in [6.45, 7) is 10.5. The van der Waals surface area contributed by atoms with Crippen molar-refractivity contribution in [3.05, 3.63) is 0 Å². The molecule has 0 saturated heterocycles. The van der Waals surface area contributed by atoms with Crippen LogP contribution >= 0.6 is 0 Å². The minimum absolute atomic E-state index is 0.125. The Morgan fingerprint density at radius 1 is 1.46 bits per heavy atom. The molecule has 0 amide bonds. The van der Waals surface area contributed by atoms with Crippen molar-refractivity contribution in [2.75, 3.05) is 6.54 Å². The van der Waals surface area contributed by atoms with E-state index in [1.807, 2.05) is 19.6 Å². The first-order chi connectivity index (χ1) is 5.85. The zero-order valence-corrected chi connectivity index (χ0v) is 10.3. The van der Waals surface area contributed by atoms with Gasteiger partial charge in [-0.1, -0.05) is 6.92 Å². The summed E-state index contributed by atoms with van der Waals surface area (Å²) >= 11 is 0. The molecule has 0 aliphatic carbocycles. The van der Waals surface area contributed by atoms with E-state index in [9.17, 15) is 4.79 Å². The average molecular weight is 203 g/mol. The lowest BCUT2D eigenvalue weighted by atomic mass is 10.3. The van der Waals surface area contributed by atoms with Crippen molar-refractivity contribution in [1.29, 1.82) is 0 Å². The van der Waals surface area contributed by atoms with Gasteiger partial charge in [-0.3, -0.25) is 4.79 Å². The van der Waals surface area contributed by atoms with E-state index in [0.29, 0.717) is 12.6 Å². The van der Waals surface area contributed by atoms with Crippen LogP contribution in [0.15, 0.2) is 0 Å². The molecular formula is C9H21NO2Si. The van der Waals surface area contributed by atoms with E-state index in [0.717, 1.165) is 6.42 Å². The molecule has 0 aliphatic rings. The van der Waals surface area contributed by atoms with Crippen molar-refractivity contribution in [3.8, 4) is 0 Å². The molecule has 78 valence electrons. The molecule has 0 spiro atoms. The quantitative estimate of drug-likeness (QED) is 0.692. The second-order valence-corrected chi connectivity index (χ2v) is 8.71. The molecule has 0 bridgehead atoms. The van der Waals surface area contributed by atoms with Crippen LogP contribution < -0.4 is 5.32 Å². The van der Waals surface area contributed by atoms with Gasteiger partial charge in [0.05, 0.1) is 6.54 Å². The van der Waals surface area contributed by atoms with Crippen molar-refractivity contribution in [1.82, 2.24) is 5.32 Å². The highest BCUT2D eigenvalue weighted by molar-refractivity contribution is 6.71. The third kappa shape index (κ3) is 7.99. The van der Waals surface area contributed by atoms with E-state index < -0.39 is 8.32 Å². The van der Waals surface area contributed by atoms with Crippen LogP contribution in [-0.4, -0.2) is 26.9 Å². The maximum atomic E-state index is 11.2. The third-order valence-corrected chi connectivity index (χ3v) is 2.47. The molecule has 3 nitrogen and oxygen atoms in total. The Hall–Kier alpha value is -0.353. The maximum absolute atomic E-state index is 11.2. The molecule has 0 aliphatic heterocycles. The molecule has 0 aromatic heterocycles. The van der Waals surface area contributed by atoms with Crippen LogP contribution in [0.1, 0.15) is 20.3 Å². The van der Waals surface area contributed by atoms with E-state index >= 15 is 0 Å². The highest BCUT2D eigenvalue weighted by Crippen LogP contribution is 2.02. The number of rotatable bonds is 5. The van der Waals surface area contributed by atoms with Crippen molar-refractivity contribution >= 4 is 14.3 Å². The Balaban J connectivity index is 3.64. The molecule has 0 aromatic rings. The highest BCUT2D eigenvalue weighted by atomic mass is 28.4. The number of carbonyl (C=O) groups excluding carboxylic acids is 1. The Labute approximate surface area is 82.0 Å². The van der Waals surface area contributed by atoms with Gasteiger partial charge >= 0.3 is 5.97 Å². The summed E-state index contributed by atoms with van der Waals surface area (Å²) in [7, 11) is -1.69. The van der Waals surface area contributed by atoms with Gasteiger partial charge in [0.2, 0.25) is 8.32 Å². The lowest BCUT2D eigenvalue weighted by molar-refractivity contribution is -0.134. The normalized spacial score (nSPS) is 13.9. The SMILES string of the molecule is CCC(C)NCC(=O)O[Si](C)(C)C. The lowest BCUT2D eigenvalue weighted by Gasteiger charge is -2.18. The molecule has 1 unspecified atom stereocenters. The summed E-state index contributed by atoms with van der Waals surface area (Å²) in [4.78, 5) is 11.2. The van der Waals surface area contributed by atoms with Crippen molar-refractivity contribution < 1.29 is 9.22 Å².